The number of rotatable bonds is 8. The van der Waals surface area contributed by atoms with E-state index in [4.69, 9.17) is 9.47 Å². The highest BCUT2D eigenvalue weighted by Crippen LogP contribution is 2.42. The summed E-state index contributed by atoms with van der Waals surface area (Å²) in [7, 11) is 1.56. The maximum Gasteiger partial charge on any atom is 0.586 e. The first kappa shape index (κ1) is 15.7. The zero-order valence-corrected chi connectivity index (χ0v) is 11.5. The molecule has 1 aliphatic heterocycles. The molecule has 0 bridgehead atoms. The number of fused-ring (bicyclic) bond motifs is 1. The topological polar surface area (TPSA) is 69.2 Å². The van der Waals surface area contributed by atoms with Crippen molar-refractivity contribution >= 4 is 5.69 Å². The lowest BCUT2D eigenvalue weighted by atomic mass is 10.2. The standard InChI is InChI=1S/C13H17F2NO5/c1-18-4-5-19-8-10(17)7-16-9-2-3-11-12(6-9)21-13(14,15)20-11/h2-3,6,10,16-17H,4-5,7-8H2,1H3. The third-order valence-corrected chi connectivity index (χ3v) is 2.69. The number of hydrogen-bond acceptors (Lipinski definition) is 6. The summed E-state index contributed by atoms with van der Waals surface area (Å²) in [5.41, 5.74) is 0.533. The van der Waals surface area contributed by atoms with E-state index < -0.39 is 12.4 Å². The van der Waals surface area contributed by atoms with Crippen LogP contribution in [0.15, 0.2) is 18.2 Å². The molecular formula is C13H17F2NO5. The predicted octanol–water partition coefficient (Wildman–Crippen LogP) is 1.44. The van der Waals surface area contributed by atoms with Gasteiger partial charge in [-0.3, -0.25) is 0 Å². The summed E-state index contributed by atoms with van der Waals surface area (Å²) in [6.07, 6.45) is -4.36. The van der Waals surface area contributed by atoms with Crippen LogP contribution < -0.4 is 14.8 Å². The zero-order valence-electron chi connectivity index (χ0n) is 11.5. The number of aliphatic hydroxyl groups excluding tert-OH is 1. The normalized spacial score (nSPS) is 16.8. The minimum Gasteiger partial charge on any atom is -0.395 e. The van der Waals surface area contributed by atoms with Gasteiger partial charge in [-0.05, 0) is 12.1 Å². The molecule has 8 heteroatoms. The maximum absolute atomic E-state index is 12.9. The first-order valence-corrected chi connectivity index (χ1v) is 6.39. The molecule has 21 heavy (non-hydrogen) atoms. The van der Waals surface area contributed by atoms with E-state index in [0.717, 1.165) is 0 Å². The molecular weight excluding hydrogens is 288 g/mol. The van der Waals surface area contributed by atoms with Gasteiger partial charge in [0, 0.05) is 25.4 Å². The third-order valence-electron chi connectivity index (χ3n) is 2.69. The molecule has 1 aromatic rings. The second kappa shape index (κ2) is 6.88. The van der Waals surface area contributed by atoms with Crippen LogP contribution in [-0.2, 0) is 9.47 Å². The molecule has 2 N–H and O–H groups in total. The Labute approximate surface area is 120 Å². The van der Waals surface area contributed by atoms with Gasteiger partial charge in [0.05, 0.1) is 25.9 Å². The summed E-state index contributed by atoms with van der Waals surface area (Å²) >= 11 is 0. The van der Waals surface area contributed by atoms with Gasteiger partial charge in [-0.25, -0.2) is 0 Å². The number of anilines is 1. The van der Waals surface area contributed by atoms with Crippen molar-refractivity contribution < 1.29 is 32.8 Å². The Bertz CT molecular complexity index is 472. The molecule has 1 aliphatic rings. The number of halogens is 2. The Morgan fingerprint density at radius 1 is 1.29 bits per heavy atom. The minimum atomic E-state index is -3.63. The average molecular weight is 305 g/mol. The Balaban J connectivity index is 1.77. The summed E-state index contributed by atoms with van der Waals surface area (Å²) in [4.78, 5) is 0. The van der Waals surface area contributed by atoms with Crippen LogP contribution in [0.1, 0.15) is 0 Å². The van der Waals surface area contributed by atoms with Gasteiger partial charge in [-0.2, -0.15) is 0 Å². The highest BCUT2D eigenvalue weighted by molar-refractivity contribution is 5.55. The van der Waals surface area contributed by atoms with Crippen LogP contribution in [0, 0.1) is 0 Å². The van der Waals surface area contributed by atoms with Crippen LogP contribution >= 0.6 is 0 Å². The van der Waals surface area contributed by atoms with E-state index in [0.29, 0.717) is 18.9 Å². The van der Waals surface area contributed by atoms with Crippen molar-refractivity contribution in [3.8, 4) is 11.5 Å². The van der Waals surface area contributed by atoms with E-state index in [-0.39, 0.29) is 24.7 Å². The number of methoxy groups -OCH3 is 1. The monoisotopic (exact) mass is 305 g/mol. The molecule has 6 nitrogen and oxygen atoms in total. The molecule has 1 heterocycles. The van der Waals surface area contributed by atoms with E-state index in [1.807, 2.05) is 0 Å². The summed E-state index contributed by atoms with van der Waals surface area (Å²) in [5.74, 6) is -0.0650. The molecule has 0 spiro atoms. The summed E-state index contributed by atoms with van der Waals surface area (Å²) in [6.45, 7) is 1.21. The van der Waals surface area contributed by atoms with Crippen molar-refractivity contribution in [1.82, 2.24) is 0 Å². The summed E-state index contributed by atoms with van der Waals surface area (Å²) < 4.78 is 44.3. The summed E-state index contributed by atoms with van der Waals surface area (Å²) in [6, 6.07) is 4.32. The van der Waals surface area contributed by atoms with Gasteiger partial charge in [0.25, 0.3) is 0 Å². The highest BCUT2D eigenvalue weighted by Gasteiger charge is 2.43. The fourth-order valence-corrected chi connectivity index (χ4v) is 1.72. The average Bonchev–Trinajstić information content (AvgIpc) is 2.74. The van der Waals surface area contributed by atoms with Gasteiger partial charge in [-0.15, -0.1) is 8.78 Å². The molecule has 0 aromatic heterocycles. The van der Waals surface area contributed by atoms with E-state index in [2.05, 4.69) is 14.8 Å². The molecule has 0 amide bonds. The van der Waals surface area contributed by atoms with Gasteiger partial charge in [-0.1, -0.05) is 0 Å². The van der Waals surface area contributed by atoms with Gasteiger partial charge < -0.3 is 29.4 Å². The van der Waals surface area contributed by atoms with Crippen molar-refractivity contribution in [3.63, 3.8) is 0 Å². The second-order valence-corrected chi connectivity index (χ2v) is 4.43. The minimum absolute atomic E-state index is 0.0194. The lowest BCUT2D eigenvalue weighted by molar-refractivity contribution is -0.286. The largest absolute Gasteiger partial charge is 0.586 e. The molecule has 1 unspecified atom stereocenters. The van der Waals surface area contributed by atoms with Crippen LogP contribution in [0.5, 0.6) is 11.5 Å². The van der Waals surface area contributed by atoms with Crippen molar-refractivity contribution in [1.29, 1.82) is 0 Å². The molecule has 1 aromatic carbocycles. The number of hydrogen-bond donors (Lipinski definition) is 2. The third kappa shape index (κ3) is 4.69. The Kier molecular flexibility index (Phi) is 5.16. The van der Waals surface area contributed by atoms with Gasteiger partial charge in [0.15, 0.2) is 11.5 Å². The summed E-state index contributed by atoms with van der Waals surface area (Å²) in [5, 5.41) is 12.6. The van der Waals surface area contributed by atoms with Crippen LogP contribution in [0.2, 0.25) is 0 Å². The molecule has 0 aliphatic carbocycles. The number of nitrogens with one attached hydrogen (secondary N) is 1. The zero-order chi connectivity index (χ0) is 15.3. The molecule has 0 radical (unpaired) electrons. The van der Waals surface area contributed by atoms with Crippen molar-refractivity contribution in [2.75, 3.05) is 38.8 Å². The van der Waals surface area contributed by atoms with E-state index in [1.54, 1.807) is 13.2 Å². The van der Waals surface area contributed by atoms with Gasteiger partial charge >= 0.3 is 6.29 Å². The lowest BCUT2D eigenvalue weighted by Crippen LogP contribution is -2.26. The lowest BCUT2D eigenvalue weighted by Gasteiger charge is -2.13. The fraction of sp³-hybridized carbons (Fsp3) is 0.538. The Morgan fingerprint density at radius 3 is 2.81 bits per heavy atom. The van der Waals surface area contributed by atoms with Crippen LogP contribution in [-0.4, -0.2) is 51.0 Å². The van der Waals surface area contributed by atoms with E-state index in [9.17, 15) is 13.9 Å². The quantitative estimate of drug-likeness (QED) is 0.708. The van der Waals surface area contributed by atoms with E-state index in [1.165, 1.54) is 12.1 Å². The number of benzene rings is 1. The molecule has 0 fully saturated rings. The van der Waals surface area contributed by atoms with Crippen LogP contribution in [0.25, 0.3) is 0 Å². The van der Waals surface area contributed by atoms with Crippen LogP contribution in [0.4, 0.5) is 14.5 Å². The second-order valence-electron chi connectivity index (χ2n) is 4.43. The van der Waals surface area contributed by atoms with Crippen molar-refractivity contribution in [3.05, 3.63) is 18.2 Å². The maximum atomic E-state index is 12.9. The molecule has 0 saturated carbocycles. The number of ether oxygens (including phenoxy) is 4. The predicted molar refractivity (Wildman–Crippen MR) is 69.8 cm³/mol. The van der Waals surface area contributed by atoms with Gasteiger partial charge in [0.2, 0.25) is 0 Å². The number of aliphatic hydroxyl groups is 1. The first-order valence-electron chi connectivity index (χ1n) is 6.39. The highest BCUT2D eigenvalue weighted by atomic mass is 19.3. The fourth-order valence-electron chi connectivity index (χ4n) is 1.72. The molecule has 2 rings (SSSR count). The number of alkyl halides is 2. The Morgan fingerprint density at radius 2 is 2.05 bits per heavy atom. The van der Waals surface area contributed by atoms with Gasteiger partial charge in [0.1, 0.15) is 0 Å². The molecule has 0 saturated heterocycles. The smallest absolute Gasteiger partial charge is 0.395 e. The molecule has 1 atom stereocenters. The van der Waals surface area contributed by atoms with E-state index >= 15 is 0 Å². The van der Waals surface area contributed by atoms with Crippen LogP contribution in [0.3, 0.4) is 0 Å². The van der Waals surface area contributed by atoms with Crippen molar-refractivity contribution in [2.24, 2.45) is 0 Å². The Hall–Kier alpha value is -1.64. The van der Waals surface area contributed by atoms with Crippen molar-refractivity contribution in [2.45, 2.75) is 12.4 Å². The first-order chi connectivity index (χ1) is 10.00. The molecule has 118 valence electrons. The SMILES string of the molecule is COCCOCC(O)CNc1ccc2c(c1)OC(F)(F)O2.